The van der Waals surface area contributed by atoms with E-state index in [9.17, 15) is 9.59 Å². The molecule has 4 aromatic carbocycles. The molecule has 0 spiro atoms. The number of anilines is 1. The van der Waals surface area contributed by atoms with Crippen molar-refractivity contribution in [2.45, 2.75) is 0 Å². The zero-order chi connectivity index (χ0) is 19.8. The first-order chi connectivity index (χ1) is 14.2. The van der Waals surface area contributed by atoms with Crippen LogP contribution in [0.5, 0.6) is 0 Å². The number of rotatable bonds is 3. The van der Waals surface area contributed by atoms with Crippen LogP contribution in [0.25, 0.3) is 10.8 Å². The minimum absolute atomic E-state index is 0.311. The third-order valence-electron chi connectivity index (χ3n) is 4.90. The van der Waals surface area contributed by atoms with Crippen molar-refractivity contribution >= 4 is 39.6 Å². The number of amides is 2. The molecule has 0 N–H and O–H groups in total. The summed E-state index contributed by atoms with van der Waals surface area (Å²) < 4.78 is 0. The van der Waals surface area contributed by atoms with Gasteiger partial charge in [0.25, 0.3) is 11.8 Å². The Balaban J connectivity index is 1.45. The lowest BCUT2D eigenvalue weighted by atomic mass is 10.0. The zero-order valence-electron chi connectivity index (χ0n) is 15.3. The fraction of sp³-hybridized carbons (Fsp3) is 0. The van der Waals surface area contributed by atoms with Gasteiger partial charge in [-0.15, -0.1) is 0 Å². The maximum atomic E-state index is 12.9. The molecule has 5 heteroatoms. The molecule has 2 amide bonds. The van der Waals surface area contributed by atoms with Crippen molar-refractivity contribution in [3.63, 3.8) is 0 Å². The molecule has 4 aromatic rings. The van der Waals surface area contributed by atoms with Crippen LogP contribution in [-0.4, -0.2) is 11.8 Å². The van der Waals surface area contributed by atoms with Gasteiger partial charge in [0, 0.05) is 0 Å². The van der Waals surface area contributed by atoms with E-state index in [0.717, 1.165) is 16.5 Å². The van der Waals surface area contributed by atoms with E-state index in [2.05, 4.69) is 10.2 Å². The highest BCUT2D eigenvalue weighted by Crippen LogP contribution is 2.32. The summed E-state index contributed by atoms with van der Waals surface area (Å²) in [5.74, 6) is -0.621. The van der Waals surface area contributed by atoms with Crippen molar-refractivity contribution in [3.05, 3.63) is 102 Å². The molecule has 0 bridgehead atoms. The topological polar surface area (TPSA) is 62.1 Å². The van der Waals surface area contributed by atoms with Gasteiger partial charge in [0.15, 0.2) is 0 Å². The minimum atomic E-state index is -0.311. The number of imide groups is 1. The normalized spacial score (nSPS) is 13.4. The fourth-order valence-corrected chi connectivity index (χ4v) is 3.44. The summed E-state index contributed by atoms with van der Waals surface area (Å²) in [7, 11) is 0. The maximum absolute atomic E-state index is 12.9. The molecule has 0 radical (unpaired) electrons. The third-order valence-corrected chi connectivity index (χ3v) is 4.90. The lowest BCUT2D eigenvalue weighted by molar-refractivity contribution is 0.0926. The van der Waals surface area contributed by atoms with Gasteiger partial charge in [0.05, 0.1) is 28.2 Å². The molecule has 5 rings (SSSR count). The zero-order valence-corrected chi connectivity index (χ0v) is 15.3. The number of carbonyl (C=O) groups excluding carboxylic acids is 2. The van der Waals surface area contributed by atoms with Gasteiger partial charge in [-0.25, -0.2) is 4.90 Å². The minimum Gasteiger partial charge on any atom is -0.268 e. The molecule has 0 fully saturated rings. The largest absolute Gasteiger partial charge is 0.268 e. The van der Waals surface area contributed by atoms with Crippen molar-refractivity contribution in [3.8, 4) is 0 Å². The number of hydrogen-bond acceptors (Lipinski definition) is 4. The van der Waals surface area contributed by atoms with Gasteiger partial charge in [-0.3, -0.25) is 9.59 Å². The van der Waals surface area contributed by atoms with Crippen molar-refractivity contribution in [1.29, 1.82) is 0 Å². The summed E-state index contributed by atoms with van der Waals surface area (Å²) in [4.78, 5) is 27.0. The monoisotopic (exact) mass is 377 g/mol. The molecular formula is C24H15N3O2. The Hall–Kier alpha value is -4.12. The number of fused-ring (bicyclic) bond motifs is 2. The van der Waals surface area contributed by atoms with E-state index in [1.54, 1.807) is 36.4 Å². The Morgan fingerprint density at radius 3 is 1.59 bits per heavy atom. The predicted octanol–water partition coefficient (Wildman–Crippen LogP) is 6.06. The lowest BCUT2D eigenvalue weighted by Gasteiger charge is -2.13. The molecule has 0 atom stereocenters. The number of hydrogen-bond donors (Lipinski definition) is 0. The van der Waals surface area contributed by atoms with Crippen LogP contribution in [0.4, 0.5) is 17.1 Å². The molecule has 138 valence electrons. The van der Waals surface area contributed by atoms with E-state index in [0.29, 0.717) is 22.5 Å². The summed E-state index contributed by atoms with van der Waals surface area (Å²) in [5, 5.41) is 10.2. The Morgan fingerprint density at radius 1 is 0.552 bits per heavy atom. The molecule has 1 aliphatic rings. The summed E-state index contributed by atoms with van der Waals surface area (Å²) >= 11 is 0. The Kier molecular flexibility index (Phi) is 3.99. The van der Waals surface area contributed by atoms with Crippen LogP contribution in [0.15, 0.2) is 101 Å². The number of benzene rings is 4. The molecular weight excluding hydrogens is 362 g/mol. The quantitative estimate of drug-likeness (QED) is 0.322. The standard InChI is InChI=1S/C24H15N3O2/c28-23-21-14-16-6-4-5-7-17(16)15-22(21)24(29)27(23)20-12-10-19(11-13-20)26-25-18-8-2-1-3-9-18/h1-15H. The summed E-state index contributed by atoms with van der Waals surface area (Å²) in [5.41, 5.74) is 2.77. The molecule has 0 saturated heterocycles. The Bertz CT molecular complexity index is 1220. The van der Waals surface area contributed by atoms with Crippen molar-refractivity contribution in [1.82, 2.24) is 0 Å². The smallest absolute Gasteiger partial charge is 0.266 e. The van der Waals surface area contributed by atoms with Gasteiger partial charge in [-0.2, -0.15) is 10.2 Å². The van der Waals surface area contributed by atoms with E-state index >= 15 is 0 Å². The first-order valence-corrected chi connectivity index (χ1v) is 9.19. The molecule has 1 heterocycles. The first-order valence-electron chi connectivity index (χ1n) is 9.19. The average Bonchev–Trinajstić information content (AvgIpc) is 3.01. The van der Waals surface area contributed by atoms with E-state index in [-0.39, 0.29) is 11.8 Å². The van der Waals surface area contributed by atoms with Crippen molar-refractivity contribution < 1.29 is 9.59 Å². The molecule has 0 aromatic heterocycles. The maximum Gasteiger partial charge on any atom is 0.266 e. The molecule has 0 unspecified atom stereocenters. The highest BCUT2D eigenvalue weighted by Gasteiger charge is 2.36. The summed E-state index contributed by atoms with van der Waals surface area (Å²) in [6, 6.07) is 27.6. The first kappa shape index (κ1) is 17.0. The van der Waals surface area contributed by atoms with Gasteiger partial charge in [-0.1, -0.05) is 42.5 Å². The lowest BCUT2D eigenvalue weighted by Crippen LogP contribution is -2.29. The Labute approximate surface area is 166 Å². The van der Waals surface area contributed by atoms with E-state index in [1.807, 2.05) is 54.6 Å². The van der Waals surface area contributed by atoms with Crippen LogP contribution in [0.3, 0.4) is 0 Å². The van der Waals surface area contributed by atoms with Crippen LogP contribution >= 0.6 is 0 Å². The average molecular weight is 377 g/mol. The highest BCUT2D eigenvalue weighted by atomic mass is 16.2. The molecule has 29 heavy (non-hydrogen) atoms. The second-order valence-electron chi connectivity index (χ2n) is 6.74. The van der Waals surface area contributed by atoms with Gasteiger partial charge in [0.1, 0.15) is 0 Å². The van der Waals surface area contributed by atoms with Crippen LogP contribution in [0, 0.1) is 0 Å². The number of carbonyl (C=O) groups is 2. The molecule has 5 nitrogen and oxygen atoms in total. The fourth-order valence-electron chi connectivity index (χ4n) is 3.44. The van der Waals surface area contributed by atoms with Gasteiger partial charge < -0.3 is 0 Å². The summed E-state index contributed by atoms with van der Waals surface area (Å²) in [6.07, 6.45) is 0. The van der Waals surface area contributed by atoms with E-state index < -0.39 is 0 Å². The van der Waals surface area contributed by atoms with Gasteiger partial charge in [0.2, 0.25) is 0 Å². The Morgan fingerprint density at radius 2 is 1.03 bits per heavy atom. The second-order valence-corrected chi connectivity index (χ2v) is 6.74. The van der Waals surface area contributed by atoms with Gasteiger partial charge >= 0.3 is 0 Å². The second kappa shape index (κ2) is 6.80. The molecule has 0 aliphatic carbocycles. The predicted molar refractivity (Wildman–Crippen MR) is 112 cm³/mol. The third kappa shape index (κ3) is 2.99. The van der Waals surface area contributed by atoms with Crippen LogP contribution < -0.4 is 4.90 Å². The SMILES string of the molecule is O=C1c2cc3ccccc3cc2C(=O)N1c1ccc(N=Nc2ccccc2)cc1. The van der Waals surface area contributed by atoms with E-state index in [1.165, 1.54) is 4.90 Å². The van der Waals surface area contributed by atoms with Gasteiger partial charge in [-0.05, 0) is 59.3 Å². The number of azo groups is 1. The summed E-state index contributed by atoms with van der Waals surface area (Å²) in [6.45, 7) is 0. The van der Waals surface area contributed by atoms with Crippen LogP contribution in [0.1, 0.15) is 20.7 Å². The molecule has 0 saturated carbocycles. The van der Waals surface area contributed by atoms with E-state index in [4.69, 9.17) is 0 Å². The number of nitrogens with zero attached hydrogens (tertiary/aromatic N) is 3. The van der Waals surface area contributed by atoms with Crippen molar-refractivity contribution in [2.24, 2.45) is 10.2 Å². The van der Waals surface area contributed by atoms with Crippen LogP contribution in [-0.2, 0) is 0 Å². The highest BCUT2D eigenvalue weighted by molar-refractivity contribution is 6.35. The van der Waals surface area contributed by atoms with Crippen molar-refractivity contribution in [2.75, 3.05) is 4.90 Å². The van der Waals surface area contributed by atoms with Crippen LogP contribution in [0.2, 0.25) is 0 Å². The molecule has 1 aliphatic heterocycles.